The Balaban J connectivity index is 0.000000253. The third kappa shape index (κ3) is 5.33. The Morgan fingerprint density at radius 3 is 2.22 bits per heavy atom. The van der Waals surface area contributed by atoms with Gasteiger partial charge in [-0.1, -0.05) is 79.8 Å². The third-order valence-electron chi connectivity index (χ3n) is 4.91. The van der Waals surface area contributed by atoms with E-state index >= 15 is 0 Å². The summed E-state index contributed by atoms with van der Waals surface area (Å²) in [6.07, 6.45) is 6.31. The van der Waals surface area contributed by atoms with E-state index in [2.05, 4.69) is 79.8 Å². The molecule has 3 aromatic rings. The summed E-state index contributed by atoms with van der Waals surface area (Å²) in [6, 6.07) is 25.4. The van der Waals surface area contributed by atoms with Crippen molar-refractivity contribution in [1.82, 2.24) is 0 Å². The third-order valence-corrected chi connectivity index (χ3v) is 6.00. The maximum absolute atomic E-state index is 8.77. The van der Waals surface area contributed by atoms with Crippen LogP contribution in [0.1, 0.15) is 31.2 Å². The van der Waals surface area contributed by atoms with Crippen molar-refractivity contribution in [2.75, 3.05) is 0 Å². The molecule has 0 unspecified atom stereocenters. The minimum Gasteiger partial charge on any atom is -0.513 e. The second kappa shape index (κ2) is 9.57. The first kappa shape index (κ1) is 19.4. The monoisotopic (exact) mass is 373 g/mol. The number of allylic oxidation sites excluding steroid dienone is 2. The quantitative estimate of drug-likeness (QED) is 0.476. The first-order valence-electron chi connectivity index (χ1n) is 9.88. The van der Waals surface area contributed by atoms with Crippen molar-refractivity contribution in [3.63, 3.8) is 0 Å². The molecule has 0 saturated heterocycles. The van der Waals surface area contributed by atoms with Gasteiger partial charge in [0, 0.05) is 15.2 Å². The number of hydrogen-bond donors (Lipinski definition) is 1. The van der Waals surface area contributed by atoms with E-state index in [9.17, 15) is 0 Å². The molecule has 0 aliphatic heterocycles. The predicted molar refractivity (Wildman–Crippen MR) is 120 cm³/mol. The van der Waals surface area contributed by atoms with Crippen LogP contribution >= 0.6 is 0 Å². The Labute approximate surface area is 165 Å². The van der Waals surface area contributed by atoms with Crippen molar-refractivity contribution in [2.45, 2.75) is 44.8 Å². The second-order valence-electron chi connectivity index (χ2n) is 7.51. The zero-order valence-corrected chi connectivity index (χ0v) is 17.4. The molecular formula is C25H29OSi. The number of fused-ring (bicyclic) bond motifs is 1. The zero-order valence-electron chi connectivity index (χ0n) is 16.4. The summed E-state index contributed by atoms with van der Waals surface area (Å²) in [4.78, 5) is 0. The molecule has 2 heteroatoms. The van der Waals surface area contributed by atoms with Crippen LogP contribution in [0.15, 0.2) is 78.6 Å². The molecule has 0 aromatic heterocycles. The average Bonchev–Trinajstić information content (AvgIpc) is 2.69. The molecule has 0 spiro atoms. The fraction of sp³-hybridized carbons (Fsp3) is 0.280. The molecule has 139 valence electrons. The van der Waals surface area contributed by atoms with Gasteiger partial charge < -0.3 is 5.11 Å². The van der Waals surface area contributed by atoms with Gasteiger partial charge in [0.25, 0.3) is 0 Å². The van der Waals surface area contributed by atoms with Gasteiger partial charge in [0.15, 0.2) is 0 Å². The van der Waals surface area contributed by atoms with Crippen molar-refractivity contribution >= 4 is 19.6 Å². The Kier molecular flexibility index (Phi) is 6.89. The second-order valence-corrected chi connectivity index (χ2v) is 10.3. The van der Waals surface area contributed by atoms with Crippen LogP contribution in [-0.4, -0.2) is 13.9 Å². The highest BCUT2D eigenvalue weighted by Crippen LogP contribution is 2.31. The highest BCUT2D eigenvalue weighted by atomic mass is 28.3. The normalized spacial score (nSPS) is 13.8. The summed E-state index contributed by atoms with van der Waals surface area (Å²) in [6.45, 7) is 4.76. The molecule has 0 saturated carbocycles. The standard InChI is InChI=1S/C19H19Si.C6H10O/c1-20(2)14-16-9-4-6-12-18(16)19-13-7-10-15-8-3-5-11-17(15)19;7-6-4-2-1-3-5-6/h3-13H,14H2,1-2H3;4,7H,1-3,5H2. The Hall–Kier alpha value is -2.32. The van der Waals surface area contributed by atoms with E-state index in [1.165, 1.54) is 46.3 Å². The van der Waals surface area contributed by atoms with E-state index in [1.807, 2.05) is 6.08 Å². The van der Waals surface area contributed by atoms with Crippen LogP contribution in [0.3, 0.4) is 0 Å². The van der Waals surface area contributed by atoms with Gasteiger partial charge in [0.2, 0.25) is 0 Å². The summed E-state index contributed by atoms with van der Waals surface area (Å²) in [7, 11) is -0.269. The molecule has 1 nitrogen and oxygen atoms in total. The number of aliphatic hydroxyl groups is 1. The van der Waals surface area contributed by atoms with Crippen LogP contribution in [0, 0.1) is 0 Å². The minimum absolute atomic E-state index is 0.269. The summed E-state index contributed by atoms with van der Waals surface area (Å²) in [5.74, 6) is 0.589. The number of aliphatic hydroxyl groups excluding tert-OH is 1. The topological polar surface area (TPSA) is 20.2 Å². The number of rotatable bonds is 3. The van der Waals surface area contributed by atoms with Crippen LogP contribution in [-0.2, 0) is 6.04 Å². The van der Waals surface area contributed by atoms with Gasteiger partial charge >= 0.3 is 0 Å². The van der Waals surface area contributed by atoms with Crippen LogP contribution in [0.25, 0.3) is 21.9 Å². The minimum atomic E-state index is -0.269. The Morgan fingerprint density at radius 2 is 1.52 bits per heavy atom. The Bertz CT molecular complexity index is 906. The summed E-state index contributed by atoms with van der Waals surface area (Å²) in [5.41, 5.74) is 4.25. The molecule has 27 heavy (non-hydrogen) atoms. The maximum atomic E-state index is 8.77. The SMILES string of the molecule is C[Si](C)Cc1ccccc1-c1cccc2ccccc12.OC1=CCCCC1. The molecule has 0 heterocycles. The fourth-order valence-electron chi connectivity index (χ4n) is 3.60. The van der Waals surface area contributed by atoms with E-state index in [0.29, 0.717) is 5.76 Å². The van der Waals surface area contributed by atoms with Crippen molar-refractivity contribution in [3.05, 3.63) is 84.1 Å². The van der Waals surface area contributed by atoms with E-state index in [4.69, 9.17) is 5.11 Å². The fourth-order valence-corrected chi connectivity index (χ4v) is 4.67. The molecule has 3 aromatic carbocycles. The van der Waals surface area contributed by atoms with Crippen molar-refractivity contribution in [1.29, 1.82) is 0 Å². The first-order chi connectivity index (χ1) is 13.1. The van der Waals surface area contributed by atoms with Crippen LogP contribution in [0.2, 0.25) is 13.1 Å². The molecule has 1 aliphatic rings. The van der Waals surface area contributed by atoms with E-state index in [-0.39, 0.29) is 8.80 Å². The van der Waals surface area contributed by atoms with E-state index in [1.54, 1.807) is 0 Å². The Morgan fingerprint density at radius 1 is 0.815 bits per heavy atom. The average molecular weight is 374 g/mol. The molecule has 0 bridgehead atoms. The van der Waals surface area contributed by atoms with Gasteiger partial charge in [-0.05, 0) is 58.8 Å². The van der Waals surface area contributed by atoms with Gasteiger partial charge in [-0.3, -0.25) is 0 Å². The lowest BCUT2D eigenvalue weighted by Crippen LogP contribution is -2.06. The van der Waals surface area contributed by atoms with Crippen LogP contribution in [0.5, 0.6) is 0 Å². The van der Waals surface area contributed by atoms with Crippen LogP contribution < -0.4 is 0 Å². The lowest BCUT2D eigenvalue weighted by Gasteiger charge is -2.13. The zero-order chi connectivity index (χ0) is 19.1. The lowest BCUT2D eigenvalue weighted by molar-refractivity contribution is 0.368. The molecular weight excluding hydrogens is 344 g/mol. The van der Waals surface area contributed by atoms with Gasteiger partial charge in [0.1, 0.15) is 0 Å². The van der Waals surface area contributed by atoms with Crippen molar-refractivity contribution < 1.29 is 5.11 Å². The largest absolute Gasteiger partial charge is 0.513 e. The highest BCUT2D eigenvalue weighted by Gasteiger charge is 2.09. The van der Waals surface area contributed by atoms with E-state index < -0.39 is 0 Å². The van der Waals surface area contributed by atoms with Crippen LogP contribution in [0.4, 0.5) is 0 Å². The predicted octanol–water partition coefficient (Wildman–Crippen LogP) is 7.35. The number of benzene rings is 3. The maximum Gasteiger partial charge on any atom is 0.0882 e. The van der Waals surface area contributed by atoms with Crippen molar-refractivity contribution in [2.24, 2.45) is 0 Å². The molecule has 4 rings (SSSR count). The van der Waals surface area contributed by atoms with Gasteiger partial charge in [0.05, 0.1) is 5.76 Å². The smallest absolute Gasteiger partial charge is 0.0882 e. The number of hydrogen-bond acceptors (Lipinski definition) is 1. The summed E-state index contributed by atoms with van der Waals surface area (Å²) in [5, 5.41) is 11.4. The summed E-state index contributed by atoms with van der Waals surface area (Å²) < 4.78 is 0. The lowest BCUT2D eigenvalue weighted by atomic mass is 9.95. The van der Waals surface area contributed by atoms with Gasteiger partial charge in [-0.25, -0.2) is 0 Å². The molecule has 0 fully saturated rings. The molecule has 1 aliphatic carbocycles. The highest BCUT2D eigenvalue weighted by molar-refractivity contribution is 6.55. The summed E-state index contributed by atoms with van der Waals surface area (Å²) >= 11 is 0. The van der Waals surface area contributed by atoms with Crippen molar-refractivity contribution in [3.8, 4) is 11.1 Å². The van der Waals surface area contributed by atoms with E-state index in [0.717, 1.165) is 12.8 Å². The molecule has 1 N–H and O–H groups in total. The van der Waals surface area contributed by atoms with Gasteiger partial charge in [-0.2, -0.15) is 0 Å². The molecule has 0 amide bonds. The van der Waals surface area contributed by atoms with Gasteiger partial charge in [-0.15, -0.1) is 0 Å². The molecule has 0 atom stereocenters. The first-order valence-corrected chi connectivity index (χ1v) is 12.6. The molecule has 1 radical (unpaired) electrons.